The van der Waals surface area contributed by atoms with Gasteiger partial charge in [0.05, 0.1) is 5.69 Å². The van der Waals surface area contributed by atoms with E-state index in [1.165, 1.54) is 32.4 Å². The molecule has 0 saturated heterocycles. The van der Waals surface area contributed by atoms with Crippen LogP contribution in [0.25, 0.3) is 44.5 Å². The molecule has 0 radical (unpaired) electrons. The molecule has 148 valence electrons. The van der Waals surface area contributed by atoms with Gasteiger partial charge in [-0.15, -0.1) is 0 Å². The third kappa shape index (κ3) is 2.77. The molecule has 0 fully saturated rings. The lowest BCUT2D eigenvalue weighted by atomic mass is 10.0. The molecule has 31 heavy (non-hydrogen) atoms. The van der Waals surface area contributed by atoms with Gasteiger partial charge in [-0.3, -0.25) is 0 Å². The minimum absolute atomic E-state index is 0.816. The third-order valence-corrected chi connectivity index (χ3v) is 9.75. The number of benzene rings is 4. The molecule has 2 nitrogen and oxygen atoms in total. The number of aromatic nitrogens is 2. The van der Waals surface area contributed by atoms with E-state index in [9.17, 15) is 0 Å². The summed E-state index contributed by atoms with van der Waals surface area (Å²) in [5, 5.41) is 5.14. The van der Waals surface area contributed by atoms with Crippen molar-refractivity contribution in [1.82, 2.24) is 9.97 Å². The summed E-state index contributed by atoms with van der Waals surface area (Å²) in [6.45, 7) is 4.81. The average molecular weight is 415 g/mol. The molecule has 0 atom stereocenters. The van der Waals surface area contributed by atoms with Gasteiger partial charge in [0, 0.05) is 22.0 Å². The van der Waals surface area contributed by atoms with Crippen molar-refractivity contribution in [1.29, 1.82) is 0 Å². The Hall–Kier alpha value is -3.56. The number of hydrogen-bond donors (Lipinski definition) is 0. The Labute approximate surface area is 183 Å². The highest BCUT2D eigenvalue weighted by Crippen LogP contribution is 2.36. The summed E-state index contributed by atoms with van der Waals surface area (Å²) in [7, 11) is -1.91. The second-order valence-electron chi connectivity index (χ2n) is 8.72. The number of nitrogens with zero attached hydrogens (tertiary/aromatic N) is 2. The highest BCUT2D eigenvalue weighted by molar-refractivity contribution is 7.03. The van der Waals surface area contributed by atoms with Gasteiger partial charge in [-0.25, -0.2) is 9.97 Å². The Morgan fingerprint density at radius 2 is 1.32 bits per heavy atom. The molecule has 2 heterocycles. The Balaban J connectivity index is 1.67. The van der Waals surface area contributed by atoms with E-state index in [1.807, 2.05) is 0 Å². The minimum atomic E-state index is -1.91. The zero-order valence-corrected chi connectivity index (χ0v) is 18.6. The molecule has 1 aliphatic heterocycles. The molecular weight excluding hydrogens is 392 g/mol. The van der Waals surface area contributed by atoms with E-state index >= 15 is 0 Å². The molecule has 6 rings (SSSR count). The topological polar surface area (TPSA) is 25.8 Å². The van der Waals surface area contributed by atoms with Crippen molar-refractivity contribution in [2.24, 2.45) is 0 Å². The van der Waals surface area contributed by atoms with Crippen molar-refractivity contribution >= 4 is 29.4 Å². The first-order chi connectivity index (χ1) is 15.1. The molecule has 4 aromatic carbocycles. The van der Waals surface area contributed by atoms with E-state index in [0.717, 1.165) is 22.6 Å². The van der Waals surface area contributed by atoms with Crippen molar-refractivity contribution in [3.05, 3.63) is 97.1 Å². The number of hydrogen-bond acceptors (Lipinski definition) is 2. The first-order valence-corrected chi connectivity index (χ1v) is 13.7. The fraction of sp³-hybridized carbons (Fsp3) is 0.0714. The fourth-order valence-corrected chi connectivity index (χ4v) is 7.72. The zero-order valence-electron chi connectivity index (χ0n) is 17.6. The molecule has 0 aliphatic carbocycles. The maximum Gasteiger partial charge on any atom is 0.159 e. The van der Waals surface area contributed by atoms with E-state index in [-0.39, 0.29) is 0 Å². The van der Waals surface area contributed by atoms with E-state index in [2.05, 4.69) is 110 Å². The molecule has 0 spiro atoms. The standard InChI is InChI=1S/C28H22N2Si/c1-31(2)24-15-9-8-14-23(24)25-26(20-11-4-3-5-12-20)29-27(30-28(25)31)22-17-16-19-10-6-7-13-21(19)18-22/h3-18H,1-2H3. The molecule has 0 bridgehead atoms. The maximum absolute atomic E-state index is 5.23. The predicted molar refractivity (Wildman–Crippen MR) is 133 cm³/mol. The lowest BCUT2D eigenvalue weighted by Gasteiger charge is -2.19. The summed E-state index contributed by atoms with van der Waals surface area (Å²) in [5.74, 6) is 0.816. The van der Waals surface area contributed by atoms with Crippen molar-refractivity contribution in [2.75, 3.05) is 0 Å². The molecule has 0 amide bonds. The maximum atomic E-state index is 5.23. The summed E-state index contributed by atoms with van der Waals surface area (Å²) in [6, 6.07) is 34.3. The smallest absolute Gasteiger partial charge is 0.159 e. The molecule has 3 heteroatoms. The minimum Gasteiger partial charge on any atom is -0.237 e. The van der Waals surface area contributed by atoms with Gasteiger partial charge in [-0.1, -0.05) is 104 Å². The molecule has 5 aromatic rings. The van der Waals surface area contributed by atoms with Crippen LogP contribution in [0.4, 0.5) is 0 Å². The van der Waals surface area contributed by atoms with Gasteiger partial charge in [0.25, 0.3) is 0 Å². The van der Waals surface area contributed by atoms with E-state index in [0.29, 0.717) is 0 Å². The second kappa shape index (κ2) is 6.72. The summed E-state index contributed by atoms with van der Waals surface area (Å²) >= 11 is 0. The van der Waals surface area contributed by atoms with Crippen molar-refractivity contribution < 1.29 is 0 Å². The van der Waals surface area contributed by atoms with E-state index in [1.54, 1.807) is 0 Å². The van der Waals surface area contributed by atoms with E-state index < -0.39 is 8.07 Å². The predicted octanol–water partition coefficient (Wildman–Crippen LogP) is 5.77. The van der Waals surface area contributed by atoms with Gasteiger partial charge < -0.3 is 0 Å². The van der Waals surface area contributed by atoms with Gasteiger partial charge in [0.1, 0.15) is 8.07 Å². The summed E-state index contributed by atoms with van der Waals surface area (Å²) in [6.07, 6.45) is 0. The Morgan fingerprint density at radius 1 is 0.613 bits per heavy atom. The van der Waals surface area contributed by atoms with Crippen molar-refractivity contribution in [3.63, 3.8) is 0 Å². The SMILES string of the molecule is C[Si]1(C)c2ccccc2-c2c(-c3ccccc3)nc(-c3ccc4ccccc4c3)nc21. The van der Waals surface area contributed by atoms with Gasteiger partial charge in [0.2, 0.25) is 0 Å². The van der Waals surface area contributed by atoms with Crippen LogP contribution in [0.2, 0.25) is 13.1 Å². The van der Waals surface area contributed by atoms with Crippen LogP contribution >= 0.6 is 0 Å². The lowest BCUT2D eigenvalue weighted by molar-refractivity contribution is 1.21. The highest BCUT2D eigenvalue weighted by Gasteiger charge is 2.41. The molecule has 1 aliphatic rings. The normalized spacial score (nSPS) is 13.7. The third-order valence-electron chi connectivity index (χ3n) is 6.43. The largest absolute Gasteiger partial charge is 0.237 e. The van der Waals surface area contributed by atoms with Crippen LogP contribution in [-0.2, 0) is 0 Å². The van der Waals surface area contributed by atoms with Crippen LogP contribution in [0.1, 0.15) is 0 Å². The van der Waals surface area contributed by atoms with Crippen LogP contribution in [-0.4, -0.2) is 18.0 Å². The van der Waals surface area contributed by atoms with Gasteiger partial charge in [-0.05, 0) is 27.6 Å². The fourth-order valence-electron chi connectivity index (χ4n) is 4.80. The molecule has 0 unspecified atom stereocenters. The lowest BCUT2D eigenvalue weighted by Crippen LogP contribution is -2.50. The molecule has 0 N–H and O–H groups in total. The Morgan fingerprint density at radius 3 is 2.16 bits per heavy atom. The summed E-state index contributed by atoms with van der Waals surface area (Å²) in [5.41, 5.74) is 5.78. The van der Waals surface area contributed by atoms with Gasteiger partial charge >= 0.3 is 0 Å². The average Bonchev–Trinajstić information content (AvgIpc) is 3.06. The number of rotatable bonds is 2. The first-order valence-electron chi connectivity index (χ1n) is 10.7. The quantitative estimate of drug-likeness (QED) is 0.343. The highest BCUT2D eigenvalue weighted by atomic mass is 28.3. The summed E-state index contributed by atoms with van der Waals surface area (Å²) < 4.78 is 0. The van der Waals surface area contributed by atoms with Crippen LogP contribution in [0.3, 0.4) is 0 Å². The number of fused-ring (bicyclic) bond motifs is 4. The van der Waals surface area contributed by atoms with Gasteiger partial charge in [-0.2, -0.15) is 0 Å². The second-order valence-corrected chi connectivity index (χ2v) is 13.0. The van der Waals surface area contributed by atoms with Crippen LogP contribution in [0, 0.1) is 0 Å². The summed E-state index contributed by atoms with van der Waals surface area (Å²) in [4.78, 5) is 10.4. The van der Waals surface area contributed by atoms with Crippen molar-refractivity contribution in [3.8, 4) is 33.8 Å². The van der Waals surface area contributed by atoms with Crippen LogP contribution in [0.5, 0.6) is 0 Å². The monoisotopic (exact) mass is 414 g/mol. The van der Waals surface area contributed by atoms with Crippen molar-refractivity contribution in [2.45, 2.75) is 13.1 Å². The molecule has 1 aromatic heterocycles. The van der Waals surface area contributed by atoms with Crippen LogP contribution < -0.4 is 10.5 Å². The first kappa shape index (κ1) is 18.2. The zero-order chi connectivity index (χ0) is 21.0. The Kier molecular flexibility index (Phi) is 3.95. The molecular formula is C28H22N2Si. The molecule has 0 saturated carbocycles. The Bertz CT molecular complexity index is 1460. The van der Waals surface area contributed by atoms with Gasteiger partial charge in [0.15, 0.2) is 5.82 Å². The van der Waals surface area contributed by atoms with Crippen LogP contribution in [0.15, 0.2) is 97.1 Å². The van der Waals surface area contributed by atoms with E-state index in [4.69, 9.17) is 9.97 Å².